The number of nitrogens with zero attached hydrogens (tertiary/aromatic N) is 1. The fraction of sp³-hybridized carbons (Fsp3) is 0.333. The summed E-state index contributed by atoms with van der Waals surface area (Å²) in [6.07, 6.45) is 4.32. The standard InChI is InChI=1S/C18H21N3O3/c1-23-16-4-3-12(7-17(16)24-2)8-21-18(22)15-11-20-10-13-9-19-6-5-14(13)15/h3-4,7,10-11,19H,5-6,8-9H2,1-2H3,(H,21,22). The Kier molecular flexibility index (Phi) is 4.96. The van der Waals surface area contributed by atoms with Crippen LogP contribution < -0.4 is 20.1 Å². The van der Waals surface area contributed by atoms with Gasteiger partial charge in [0.15, 0.2) is 11.5 Å². The van der Waals surface area contributed by atoms with E-state index in [2.05, 4.69) is 15.6 Å². The number of hydrogen-bond acceptors (Lipinski definition) is 5. The molecule has 2 N–H and O–H groups in total. The Morgan fingerprint density at radius 1 is 1.25 bits per heavy atom. The van der Waals surface area contributed by atoms with Crippen molar-refractivity contribution in [2.45, 2.75) is 19.5 Å². The lowest BCUT2D eigenvalue weighted by Crippen LogP contribution is -2.29. The second-order valence-corrected chi connectivity index (χ2v) is 5.62. The summed E-state index contributed by atoms with van der Waals surface area (Å²) < 4.78 is 10.5. The number of hydrogen-bond donors (Lipinski definition) is 2. The maximum Gasteiger partial charge on any atom is 0.253 e. The predicted octanol–water partition coefficient (Wildman–Crippen LogP) is 1.67. The molecule has 126 valence electrons. The molecule has 0 unspecified atom stereocenters. The van der Waals surface area contributed by atoms with E-state index in [0.717, 1.165) is 36.2 Å². The van der Waals surface area contributed by atoms with Crippen LogP contribution in [0.15, 0.2) is 30.6 Å². The number of amides is 1. The van der Waals surface area contributed by atoms with Crippen molar-refractivity contribution in [3.05, 3.63) is 52.8 Å². The van der Waals surface area contributed by atoms with Gasteiger partial charge in [0.1, 0.15) is 0 Å². The van der Waals surface area contributed by atoms with Crippen LogP contribution in [-0.2, 0) is 19.5 Å². The van der Waals surface area contributed by atoms with Gasteiger partial charge in [0.25, 0.3) is 5.91 Å². The number of rotatable bonds is 5. The molecule has 1 aliphatic heterocycles. The number of benzene rings is 1. The highest BCUT2D eigenvalue weighted by Crippen LogP contribution is 2.27. The maximum absolute atomic E-state index is 12.5. The van der Waals surface area contributed by atoms with Crippen LogP contribution in [0.4, 0.5) is 0 Å². The fourth-order valence-electron chi connectivity index (χ4n) is 2.88. The average Bonchev–Trinajstić information content (AvgIpc) is 2.65. The van der Waals surface area contributed by atoms with Crippen LogP contribution in [0.3, 0.4) is 0 Å². The lowest BCUT2D eigenvalue weighted by molar-refractivity contribution is 0.0949. The van der Waals surface area contributed by atoms with E-state index in [9.17, 15) is 4.79 Å². The number of carbonyl (C=O) groups is 1. The third kappa shape index (κ3) is 3.33. The Bertz CT molecular complexity index is 746. The first-order valence-corrected chi connectivity index (χ1v) is 7.88. The average molecular weight is 327 g/mol. The Hall–Kier alpha value is -2.60. The lowest BCUT2D eigenvalue weighted by atomic mass is 9.98. The van der Waals surface area contributed by atoms with Crippen LogP contribution in [0.1, 0.15) is 27.0 Å². The van der Waals surface area contributed by atoms with Crippen molar-refractivity contribution >= 4 is 5.91 Å². The van der Waals surface area contributed by atoms with Gasteiger partial charge in [-0.25, -0.2) is 0 Å². The van der Waals surface area contributed by atoms with Crippen LogP contribution in [0, 0.1) is 0 Å². The summed E-state index contributed by atoms with van der Waals surface area (Å²) in [6, 6.07) is 5.60. The van der Waals surface area contributed by atoms with E-state index in [1.165, 1.54) is 0 Å². The van der Waals surface area contributed by atoms with Crippen LogP contribution >= 0.6 is 0 Å². The van der Waals surface area contributed by atoms with Gasteiger partial charge < -0.3 is 20.1 Å². The molecule has 0 saturated heterocycles. The number of fused-ring (bicyclic) bond motifs is 1. The highest BCUT2D eigenvalue weighted by Gasteiger charge is 2.18. The number of carbonyl (C=O) groups excluding carboxylic acids is 1. The third-order valence-corrected chi connectivity index (χ3v) is 4.16. The number of aromatic nitrogens is 1. The first kappa shape index (κ1) is 16.3. The lowest BCUT2D eigenvalue weighted by Gasteiger charge is -2.19. The van der Waals surface area contributed by atoms with Gasteiger partial charge >= 0.3 is 0 Å². The highest BCUT2D eigenvalue weighted by molar-refractivity contribution is 5.95. The van der Waals surface area contributed by atoms with Gasteiger partial charge in [-0.3, -0.25) is 9.78 Å². The van der Waals surface area contributed by atoms with Crippen molar-refractivity contribution in [1.82, 2.24) is 15.6 Å². The Morgan fingerprint density at radius 2 is 2.08 bits per heavy atom. The molecule has 0 spiro atoms. The van der Waals surface area contributed by atoms with E-state index in [-0.39, 0.29) is 5.91 Å². The summed E-state index contributed by atoms with van der Waals surface area (Å²) in [5.41, 5.74) is 3.79. The molecule has 1 aromatic heterocycles. The molecule has 3 rings (SSSR count). The van der Waals surface area contributed by atoms with Gasteiger partial charge in [-0.1, -0.05) is 6.07 Å². The van der Waals surface area contributed by atoms with Gasteiger partial charge in [0, 0.05) is 25.5 Å². The van der Waals surface area contributed by atoms with Crippen molar-refractivity contribution in [2.24, 2.45) is 0 Å². The zero-order valence-electron chi connectivity index (χ0n) is 13.9. The van der Waals surface area contributed by atoms with Crippen molar-refractivity contribution in [1.29, 1.82) is 0 Å². The summed E-state index contributed by atoms with van der Waals surface area (Å²) in [5.74, 6) is 1.21. The first-order valence-electron chi connectivity index (χ1n) is 7.88. The quantitative estimate of drug-likeness (QED) is 0.874. The minimum atomic E-state index is -0.101. The van der Waals surface area contributed by atoms with Gasteiger partial charge in [0.2, 0.25) is 0 Å². The number of ether oxygens (including phenoxy) is 2. The van der Waals surface area contributed by atoms with Crippen LogP contribution in [-0.4, -0.2) is 31.7 Å². The first-order chi connectivity index (χ1) is 11.7. The van der Waals surface area contributed by atoms with Crippen molar-refractivity contribution < 1.29 is 14.3 Å². The second-order valence-electron chi connectivity index (χ2n) is 5.62. The summed E-state index contributed by atoms with van der Waals surface area (Å²) in [5, 5.41) is 6.25. The van der Waals surface area contributed by atoms with Gasteiger partial charge in [-0.15, -0.1) is 0 Å². The van der Waals surface area contributed by atoms with Crippen LogP contribution in [0.25, 0.3) is 0 Å². The number of nitrogens with one attached hydrogen (secondary N) is 2. The summed E-state index contributed by atoms with van der Waals surface area (Å²) in [7, 11) is 3.19. The van der Waals surface area contributed by atoms with E-state index in [0.29, 0.717) is 23.6 Å². The Labute approximate surface area is 141 Å². The molecule has 0 saturated carbocycles. The van der Waals surface area contributed by atoms with Gasteiger partial charge in [-0.2, -0.15) is 0 Å². The third-order valence-electron chi connectivity index (χ3n) is 4.16. The minimum absolute atomic E-state index is 0.101. The Morgan fingerprint density at radius 3 is 2.88 bits per heavy atom. The van der Waals surface area contributed by atoms with Gasteiger partial charge in [-0.05, 0) is 41.8 Å². The summed E-state index contributed by atoms with van der Waals surface area (Å²) >= 11 is 0. The van der Waals surface area contributed by atoms with E-state index in [1.54, 1.807) is 20.4 Å². The maximum atomic E-state index is 12.5. The zero-order valence-corrected chi connectivity index (χ0v) is 13.9. The van der Waals surface area contributed by atoms with Crippen molar-refractivity contribution in [3.8, 4) is 11.5 Å². The van der Waals surface area contributed by atoms with Crippen LogP contribution in [0.2, 0.25) is 0 Å². The molecule has 1 amide bonds. The minimum Gasteiger partial charge on any atom is -0.493 e. The highest BCUT2D eigenvalue weighted by atomic mass is 16.5. The predicted molar refractivity (Wildman–Crippen MR) is 90.4 cm³/mol. The van der Waals surface area contributed by atoms with Crippen LogP contribution in [0.5, 0.6) is 11.5 Å². The summed E-state index contributed by atoms with van der Waals surface area (Å²) in [4.78, 5) is 16.7. The second kappa shape index (κ2) is 7.31. The molecule has 0 fully saturated rings. The number of pyridine rings is 1. The van der Waals surface area contributed by atoms with Gasteiger partial charge in [0.05, 0.1) is 19.8 Å². The Balaban J connectivity index is 1.72. The number of methoxy groups -OCH3 is 2. The molecular weight excluding hydrogens is 306 g/mol. The topological polar surface area (TPSA) is 72.5 Å². The molecule has 6 heteroatoms. The largest absolute Gasteiger partial charge is 0.493 e. The fourth-order valence-corrected chi connectivity index (χ4v) is 2.88. The molecule has 0 atom stereocenters. The summed E-state index contributed by atoms with van der Waals surface area (Å²) in [6.45, 7) is 2.06. The molecule has 1 aromatic carbocycles. The molecular formula is C18H21N3O3. The zero-order chi connectivity index (χ0) is 16.9. The van der Waals surface area contributed by atoms with E-state index >= 15 is 0 Å². The van der Waals surface area contributed by atoms with E-state index in [1.807, 2.05) is 24.4 Å². The molecule has 24 heavy (non-hydrogen) atoms. The molecule has 0 aliphatic carbocycles. The molecule has 6 nitrogen and oxygen atoms in total. The smallest absolute Gasteiger partial charge is 0.253 e. The van der Waals surface area contributed by atoms with Crippen molar-refractivity contribution in [2.75, 3.05) is 20.8 Å². The normalized spacial score (nSPS) is 13.1. The van der Waals surface area contributed by atoms with E-state index in [4.69, 9.17) is 9.47 Å². The molecule has 0 bridgehead atoms. The SMILES string of the molecule is COc1ccc(CNC(=O)c2cncc3c2CCNC3)cc1OC. The van der Waals surface area contributed by atoms with Crippen molar-refractivity contribution in [3.63, 3.8) is 0 Å². The monoisotopic (exact) mass is 327 g/mol. The molecule has 0 radical (unpaired) electrons. The van der Waals surface area contributed by atoms with E-state index < -0.39 is 0 Å². The molecule has 2 aromatic rings. The molecule has 1 aliphatic rings. The molecule has 2 heterocycles.